The van der Waals surface area contributed by atoms with Gasteiger partial charge in [0.05, 0.1) is 5.39 Å². The van der Waals surface area contributed by atoms with Crippen LogP contribution in [0.15, 0.2) is 21.3 Å². The summed E-state index contributed by atoms with van der Waals surface area (Å²) in [6.07, 6.45) is 1.35. The highest BCUT2D eigenvalue weighted by atomic mass is 79.9. The zero-order valence-electron chi connectivity index (χ0n) is 12.0. The third-order valence-corrected chi connectivity index (χ3v) is 4.44. The predicted molar refractivity (Wildman–Crippen MR) is 85.3 cm³/mol. The third kappa shape index (κ3) is 2.41. The van der Waals surface area contributed by atoms with E-state index in [4.69, 9.17) is 9.15 Å². The minimum Gasteiger partial charge on any atom is -0.507 e. The first-order chi connectivity index (χ1) is 10.5. The van der Waals surface area contributed by atoms with Gasteiger partial charge in [-0.2, -0.15) is 0 Å². The van der Waals surface area contributed by atoms with E-state index in [2.05, 4.69) is 15.9 Å². The van der Waals surface area contributed by atoms with Crippen molar-refractivity contribution in [3.8, 4) is 11.5 Å². The smallest absolute Gasteiger partial charge is 0.336 e. The summed E-state index contributed by atoms with van der Waals surface area (Å²) in [7, 11) is 0. The fraction of sp³-hybridized carbons (Fsp3) is 0.375. The molecule has 22 heavy (non-hydrogen) atoms. The summed E-state index contributed by atoms with van der Waals surface area (Å²) in [5.74, 6) is 0.0824. The van der Waals surface area contributed by atoms with Crippen LogP contribution in [0.2, 0.25) is 0 Å². The largest absolute Gasteiger partial charge is 0.507 e. The maximum Gasteiger partial charge on any atom is 0.336 e. The van der Waals surface area contributed by atoms with Gasteiger partial charge in [0.15, 0.2) is 11.4 Å². The van der Waals surface area contributed by atoms with Crippen molar-refractivity contribution in [2.24, 2.45) is 0 Å². The van der Waals surface area contributed by atoms with Gasteiger partial charge >= 0.3 is 5.63 Å². The lowest BCUT2D eigenvalue weighted by Crippen LogP contribution is -2.28. The van der Waals surface area contributed by atoms with E-state index >= 15 is 0 Å². The molecule has 1 aliphatic rings. The van der Waals surface area contributed by atoms with Crippen LogP contribution < -0.4 is 10.4 Å². The van der Waals surface area contributed by atoms with E-state index in [0.717, 1.165) is 6.42 Å². The number of halogens is 1. The number of hydrogen-bond donors (Lipinski definition) is 1. The molecular formula is C16H15BrO5. The van der Waals surface area contributed by atoms with Gasteiger partial charge in [0, 0.05) is 23.9 Å². The molecule has 5 nitrogen and oxygen atoms in total. The van der Waals surface area contributed by atoms with Crippen LogP contribution in [-0.4, -0.2) is 22.3 Å². The first-order valence-corrected chi connectivity index (χ1v) is 8.25. The van der Waals surface area contributed by atoms with E-state index in [0.29, 0.717) is 22.7 Å². The number of Topliss-reactive ketones (excluding diaryl/α,β-unsaturated/α-hetero) is 1. The summed E-state index contributed by atoms with van der Waals surface area (Å²) in [6.45, 7) is 1.98. The van der Waals surface area contributed by atoms with Crippen LogP contribution in [0, 0.1) is 0 Å². The van der Waals surface area contributed by atoms with E-state index in [9.17, 15) is 14.7 Å². The summed E-state index contributed by atoms with van der Waals surface area (Å²) in [5.41, 5.74) is 0.535. The lowest BCUT2D eigenvalue weighted by molar-refractivity contribution is 0.0877. The van der Waals surface area contributed by atoms with Crippen LogP contribution in [0.5, 0.6) is 11.5 Å². The molecule has 0 saturated carbocycles. The van der Waals surface area contributed by atoms with E-state index < -0.39 is 5.63 Å². The van der Waals surface area contributed by atoms with Crippen LogP contribution >= 0.6 is 15.9 Å². The monoisotopic (exact) mass is 366 g/mol. The molecular weight excluding hydrogens is 352 g/mol. The zero-order chi connectivity index (χ0) is 15.9. The Hall–Kier alpha value is -1.82. The first-order valence-electron chi connectivity index (χ1n) is 7.13. The first kappa shape index (κ1) is 15.1. The van der Waals surface area contributed by atoms with Gasteiger partial charge < -0.3 is 14.3 Å². The number of rotatable bonds is 3. The summed E-state index contributed by atoms with van der Waals surface area (Å²) >= 11 is 3.29. The molecule has 0 aliphatic carbocycles. The molecule has 1 aliphatic heterocycles. The van der Waals surface area contributed by atoms with Crippen molar-refractivity contribution in [2.45, 2.75) is 32.3 Å². The Kier molecular flexibility index (Phi) is 3.95. The molecule has 116 valence electrons. The number of fused-ring (bicyclic) bond motifs is 3. The van der Waals surface area contributed by atoms with Gasteiger partial charge in [0.25, 0.3) is 0 Å². The number of carbonyl (C=O) groups is 1. The molecule has 1 N–H and O–H groups in total. The van der Waals surface area contributed by atoms with E-state index in [1.54, 1.807) is 0 Å². The van der Waals surface area contributed by atoms with Crippen molar-refractivity contribution in [3.05, 3.63) is 33.7 Å². The number of ketones is 1. The second-order valence-corrected chi connectivity index (χ2v) is 5.98. The maximum absolute atomic E-state index is 12.4. The van der Waals surface area contributed by atoms with E-state index in [-0.39, 0.29) is 41.0 Å². The predicted octanol–water partition coefficient (Wildman–Crippen LogP) is 3.18. The van der Waals surface area contributed by atoms with Crippen LogP contribution in [0.4, 0.5) is 0 Å². The van der Waals surface area contributed by atoms with Crippen LogP contribution in [0.3, 0.4) is 0 Å². The Morgan fingerprint density at radius 1 is 1.36 bits per heavy atom. The number of carbonyl (C=O) groups excluding carboxylic acids is 1. The number of alkyl halides is 1. The molecule has 0 amide bonds. The molecule has 1 aromatic heterocycles. The van der Waals surface area contributed by atoms with Gasteiger partial charge in [-0.05, 0) is 12.0 Å². The number of aryl methyl sites for hydroxylation is 1. The van der Waals surface area contributed by atoms with Crippen LogP contribution in [-0.2, 0) is 6.42 Å². The number of benzene rings is 1. The fourth-order valence-electron chi connectivity index (χ4n) is 2.82. The molecule has 2 heterocycles. The molecule has 0 radical (unpaired) electrons. The van der Waals surface area contributed by atoms with Crippen molar-refractivity contribution in [1.29, 1.82) is 0 Å². The number of ether oxygens (including phenoxy) is 1. The summed E-state index contributed by atoms with van der Waals surface area (Å²) in [6, 6.07) is 2.80. The molecule has 1 unspecified atom stereocenters. The van der Waals surface area contributed by atoms with Crippen LogP contribution in [0.25, 0.3) is 11.0 Å². The molecule has 0 spiro atoms. The van der Waals surface area contributed by atoms with Crippen molar-refractivity contribution in [2.75, 3.05) is 5.33 Å². The molecule has 1 atom stereocenters. The normalized spacial score (nSPS) is 17.4. The molecule has 0 bridgehead atoms. The highest BCUT2D eigenvalue weighted by Gasteiger charge is 2.31. The average molecular weight is 367 g/mol. The van der Waals surface area contributed by atoms with Crippen molar-refractivity contribution >= 4 is 32.7 Å². The third-order valence-electron chi connectivity index (χ3n) is 3.72. The summed E-state index contributed by atoms with van der Waals surface area (Å²) < 4.78 is 10.9. The number of aromatic hydroxyl groups is 1. The Balaban J connectivity index is 2.34. The van der Waals surface area contributed by atoms with Crippen molar-refractivity contribution < 1.29 is 19.1 Å². The second-order valence-electron chi connectivity index (χ2n) is 5.34. The number of hydrogen-bond acceptors (Lipinski definition) is 5. The highest BCUT2D eigenvalue weighted by molar-refractivity contribution is 9.09. The zero-order valence-corrected chi connectivity index (χ0v) is 13.6. The molecule has 3 rings (SSSR count). The quantitative estimate of drug-likeness (QED) is 0.666. The molecule has 6 heteroatoms. The summed E-state index contributed by atoms with van der Waals surface area (Å²) in [4.78, 5) is 24.2. The molecule has 1 aromatic carbocycles. The Bertz CT molecular complexity index is 808. The fourth-order valence-corrected chi connectivity index (χ4v) is 3.18. The SMILES string of the molecule is CCCc1cc(=O)oc2c3c(cc(O)c12)OC(CBr)CC3=O. The number of phenolic OH excluding ortho intramolecular Hbond substituents is 1. The lowest BCUT2D eigenvalue weighted by Gasteiger charge is -2.24. The van der Waals surface area contributed by atoms with E-state index in [1.165, 1.54) is 12.1 Å². The van der Waals surface area contributed by atoms with Crippen molar-refractivity contribution in [3.63, 3.8) is 0 Å². The van der Waals surface area contributed by atoms with Gasteiger partial charge in [-0.25, -0.2) is 4.79 Å². The highest BCUT2D eigenvalue weighted by Crippen LogP contribution is 2.40. The minimum atomic E-state index is -0.529. The van der Waals surface area contributed by atoms with Gasteiger partial charge in [0.2, 0.25) is 0 Å². The molecule has 0 saturated heterocycles. The lowest BCUT2D eigenvalue weighted by atomic mass is 9.95. The maximum atomic E-state index is 12.4. The topological polar surface area (TPSA) is 76.7 Å². The van der Waals surface area contributed by atoms with Gasteiger partial charge in [-0.3, -0.25) is 4.79 Å². The Morgan fingerprint density at radius 2 is 2.14 bits per heavy atom. The van der Waals surface area contributed by atoms with Gasteiger partial charge in [0.1, 0.15) is 23.2 Å². The Morgan fingerprint density at radius 3 is 2.82 bits per heavy atom. The van der Waals surface area contributed by atoms with Crippen molar-refractivity contribution in [1.82, 2.24) is 0 Å². The molecule has 0 fully saturated rings. The average Bonchev–Trinajstić information content (AvgIpc) is 2.46. The standard InChI is InChI=1S/C16H15BrO5/c1-2-3-8-4-13(20)22-16-14(8)11(19)6-12-15(16)10(18)5-9(7-17)21-12/h4,6,9,19H,2-3,5,7H2,1H3. The number of phenols is 1. The molecule has 2 aromatic rings. The summed E-state index contributed by atoms with van der Waals surface area (Å²) in [5, 5.41) is 11.2. The van der Waals surface area contributed by atoms with Gasteiger partial charge in [-0.1, -0.05) is 29.3 Å². The Labute approximate surface area is 135 Å². The minimum absolute atomic E-state index is 0.0380. The van der Waals surface area contributed by atoms with Crippen LogP contribution in [0.1, 0.15) is 35.7 Å². The second kappa shape index (κ2) is 5.76. The van der Waals surface area contributed by atoms with E-state index in [1.807, 2.05) is 6.92 Å². The van der Waals surface area contributed by atoms with Gasteiger partial charge in [-0.15, -0.1) is 0 Å².